The van der Waals surface area contributed by atoms with Crippen LogP contribution in [0.15, 0.2) is 46.9 Å². The smallest absolute Gasteiger partial charge is 0.244 e. The van der Waals surface area contributed by atoms with Crippen molar-refractivity contribution in [1.29, 1.82) is 0 Å². The second-order valence-corrected chi connectivity index (χ2v) is 10.5. The maximum atomic E-state index is 13.2. The van der Waals surface area contributed by atoms with E-state index in [2.05, 4.69) is 21.2 Å². The van der Waals surface area contributed by atoms with Gasteiger partial charge in [0.25, 0.3) is 0 Å². The molecule has 2 amide bonds. The van der Waals surface area contributed by atoms with Gasteiger partial charge >= 0.3 is 0 Å². The average molecular weight is 551 g/mol. The van der Waals surface area contributed by atoms with Crippen molar-refractivity contribution in [1.82, 2.24) is 10.2 Å². The van der Waals surface area contributed by atoms with Crippen molar-refractivity contribution < 1.29 is 18.0 Å². The Kier molecular flexibility index (Phi) is 8.76. The van der Waals surface area contributed by atoms with Gasteiger partial charge in [-0.15, -0.1) is 0 Å². The molecule has 0 spiro atoms. The number of nitrogens with one attached hydrogen (secondary N) is 1. The maximum Gasteiger partial charge on any atom is 0.244 e. The maximum absolute atomic E-state index is 13.2. The molecule has 1 N–H and O–H groups in total. The van der Waals surface area contributed by atoms with E-state index < -0.39 is 28.5 Å². The highest BCUT2D eigenvalue weighted by atomic mass is 79.9. The van der Waals surface area contributed by atoms with Crippen molar-refractivity contribution in [3.8, 4) is 0 Å². The molecule has 11 heteroatoms. The number of likely N-dealkylation sites (N-methyl/N-ethyl adjacent to an activating group) is 1. The molecule has 0 aliphatic heterocycles. The summed E-state index contributed by atoms with van der Waals surface area (Å²) < 4.78 is 26.7. The number of carbonyl (C=O) groups is 2. The van der Waals surface area contributed by atoms with E-state index in [4.69, 9.17) is 23.2 Å². The van der Waals surface area contributed by atoms with Crippen LogP contribution < -0.4 is 9.62 Å². The predicted molar refractivity (Wildman–Crippen MR) is 127 cm³/mol. The first kappa shape index (κ1) is 25.5. The van der Waals surface area contributed by atoms with Crippen LogP contribution in [0.4, 0.5) is 5.69 Å². The van der Waals surface area contributed by atoms with Crippen LogP contribution in [0.25, 0.3) is 0 Å². The van der Waals surface area contributed by atoms with Gasteiger partial charge in [-0.05, 0) is 42.8 Å². The Morgan fingerprint density at radius 2 is 1.74 bits per heavy atom. The van der Waals surface area contributed by atoms with Crippen LogP contribution >= 0.6 is 39.1 Å². The lowest BCUT2D eigenvalue weighted by molar-refractivity contribution is -0.139. The molecule has 2 aromatic rings. The molecule has 0 aliphatic rings. The minimum Gasteiger partial charge on any atom is -0.357 e. The zero-order valence-corrected chi connectivity index (χ0v) is 21.0. The molecule has 0 heterocycles. The van der Waals surface area contributed by atoms with E-state index in [1.165, 1.54) is 30.1 Å². The SMILES string of the molecule is CNC(=O)[C@@H](C)N(Cc1ccc(Br)cc1)C(=O)CN(c1ccc(Cl)cc1Cl)S(C)(=O)=O. The van der Waals surface area contributed by atoms with E-state index in [0.717, 1.165) is 20.6 Å². The van der Waals surface area contributed by atoms with Crippen LogP contribution in [0, 0.1) is 0 Å². The molecular formula is C20H22BrCl2N3O4S. The number of anilines is 1. The molecular weight excluding hydrogens is 529 g/mol. The molecule has 7 nitrogen and oxygen atoms in total. The molecule has 168 valence electrons. The summed E-state index contributed by atoms with van der Waals surface area (Å²) in [5, 5.41) is 2.94. The number of carbonyl (C=O) groups excluding carboxylic acids is 2. The molecule has 31 heavy (non-hydrogen) atoms. The van der Waals surface area contributed by atoms with Crippen molar-refractivity contribution >= 4 is 66.7 Å². The van der Waals surface area contributed by atoms with Gasteiger partial charge in [0.05, 0.1) is 17.0 Å². The van der Waals surface area contributed by atoms with Crippen molar-refractivity contribution in [2.24, 2.45) is 0 Å². The highest BCUT2D eigenvalue weighted by molar-refractivity contribution is 9.10. The minimum absolute atomic E-state index is 0.0875. The predicted octanol–water partition coefficient (Wildman–Crippen LogP) is 3.69. The number of hydrogen-bond acceptors (Lipinski definition) is 4. The van der Waals surface area contributed by atoms with E-state index in [9.17, 15) is 18.0 Å². The van der Waals surface area contributed by atoms with Crippen LogP contribution in [0.5, 0.6) is 0 Å². The van der Waals surface area contributed by atoms with Crippen LogP contribution in [0.1, 0.15) is 12.5 Å². The van der Waals surface area contributed by atoms with E-state index >= 15 is 0 Å². The molecule has 2 aromatic carbocycles. The molecule has 0 unspecified atom stereocenters. The summed E-state index contributed by atoms with van der Waals surface area (Å²) in [6.07, 6.45) is 0.979. The van der Waals surface area contributed by atoms with E-state index in [0.29, 0.717) is 5.02 Å². The molecule has 1 atom stereocenters. The third-order valence-corrected chi connectivity index (χ3v) is 6.73. The van der Waals surface area contributed by atoms with Gasteiger partial charge in [0.2, 0.25) is 21.8 Å². The van der Waals surface area contributed by atoms with Gasteiger partial charge in [-0.2, -0.15) is 0 Å². The molecule has 0 aromatic heterocycles. The number of sulfonamides is 1. The lowest BCUT2D eigenvalue weighted by atomic mass is 10.1. The Labute approximate surface area is 200 Å². The molecule has 0 saturated carbocycles. The topological polar surface area (TPSA) is 86.8 Å². The first-order valence-electron chi connectivity index (χ1n) is 9.12. The van der Waals surface area contributed by atoms with Crippen LogP contribution in [-0.4, -0.2) is 51.0 Å². The minimum atomic E-state index is -3.86. The van der Waals surface area contributed by atoms with Crippen molar-refractivity contribution in [2.75, 3.05) is 24.2 Å². The normalized spacial score (nSPS) is 12.2. The van der Waals surface area contributed by atoms with Crippen molar-refractivity contribution in [3.63, 3.8) is 0 Å². The van der Waals surface area contributed by atoms with Gasteiger partial charge in [-0.1, -0.05) is 51.3 Å². The van der Waals surface area contributed by atoms with E-state index in [1.54, 1.807) is 6.92 Å². The summed E-state index contributed by atoms with van der Waals surface area (Å²) in [6, 6.07) is 10.7. The average Bonchev–Trinajstić information content (AvgIpc) is 2.70. The first-order valence-corrected chi connectivity index (χ1v) is 12.5. The summed E-state index contributed by atoms with van der Waals surface area (Å²) in [5.74, 6) is -0.934. The van der Waals surface area contributed by atoms with Gasteiger partial charge in [-0.25, -0.2) is 8.42 Å². The third-order valence-electron chi connectivity index (χ3n) is 4.54. The fourth-order valence-corrected chi connectivity index (χ4v) is 4.54. The van der Waals surface area contributed by atoms with Crippen molar-refractivity contribution in [2.45, 2.75) is 19.5 Å². The summed E-state index contributed by atoms with van der Waals surface area (Å²) in [7, 11) is -2.39. The fourth-order valence-electron chi connectivity index (χ4n) is 2.86. The Hall–Kier alpha value is -1.81. The molecule has 0 bridgehead atoms. The second kappa shape index (κ2) is 10.7. The van der Waals surface area contributed by atoms with E-state index in [1.807, 2.05) is 24.3 Å². The summed E-state index contributed by atoms with van der Waals surface area (Å²) in [5.41, 5.74) is 0.904. The largest absolute Gasteiger partial charge is 0.357 e. The Bertz CT molecular complexity index is 1060. The third kappa shape index (κ3) is 6.83. The van der Waals surface area contributed by atoms with Gasteiger partial charge in [0, 0.05) is 23.1 Å². The van der Waals surface area contributed by atoms with Crippen molar-refractivity contribution in [3.05, 3.63) is 62.5 Å². The number of benzene rings is 2. The monoisotopic (exact) mass is 549 g/mol. The highest BCUT2D eigenvalue weighted by Crippen LogP contribution is 2.30. The number of amides is 2. The Balaban J connectivity index is 2.40. The lowest BCUT2D eigenvalue weighted by Crippen LogP contribution is -2.50. The standard InChI is InChI=1S/C20H22BrCl2N3O4S/c1-13(20(28)24-2)25(11-14-4-6-15(21)7-5-14)19(27)12-26(31(3,29)30)18-9-8-16(22)10-17(18)23/h4-10,13H,11-12H2,1-3H3,(H,24,28)/t13-/m1/s1. The zero-order chi connectivity index (χ0) is 23.3. The van der Waals surface area contributed by atoms with E-state index in [-0.39, 0.29) is 23.2 Å². The van der Waals surface area contributed by atoms with Gasteiger partial charge in [0.1, 0.15) is 12.6 Å². The summed E-state index contributed by atoms with van der Waals surface area (Å²) in [4.78, 5) is 26.8. The van der Waals surface area contributed by atoms with Gasteiger partial charge in [-0.3, -0.25) is 13.9 Å². The zero-order valence-electron chi connectivity index (χ0n) is 17.1. The number of rotatable bonds is 8. The van der Waals surface area contributed by atoms with Crippen LogP contribution in [0.3, 0.4) is 0 Å². The number of hydrogen-bond donors (Lipinski definition) is 1. The first-order chi connectivity index (χ1) is 14.4. The number of nitrogens with zero attached hydrogens (tertiary/aromatic N) is 2. The second-order valence-electron chi connectivity index (χ2n) is 6.80. The number of halogens is 3. The highest BCUT2D eigenvalue weighted by Gasteiger charge is 2.30. The Morgan fingerprint density at radius 1 is 1.13 bits per heavy atom. The summed E-state index contributed by atoms with van der Waals surface area (Å²) >= 11 is 15.5. The van der Waals surface area contributed by atoms with Gasteiger partial charge < -0.3 is 10.2 Å². The molecule has 0 radical (unpaired) electrons. The Morgan fingerprint density at radius 3 is 2.26 bits per heavy atom. The van der Waals surface area contributed by atoms with Crippen LogP contribution in [0.2, 0.25) is 10.0 Å². The van der Waals surface area contributed by atoms with Crippen LogP contribution in [-0.2, 0) is 26.2 Å². The lowest BCUT2D eigenvalue weighted by Gasteiger charge is -2.31. The molecule has 0 fully saturated rings. The quantitative estimate of drug-likeness (QED) is 0.543. The molecule has 2 rings (SSSR count). The molecule has 0 aliphatic carbocycles. The van der Waals surface area contributed by atoms with Gasteiger partial charge in [0.15, 0.2) is 0 Å². The molecule has 0 saturated heterocycles. The fraction of sp³-hybridized carbons (Fsp3) is 0.300. The summed E-state index contributed by atoms with van der Waals surface area (Å²) in [6.45, 7) is 1.17.